The Morgan fingerprint density at radius 1 is 1.18 bits per heavy atom. The van der Waals surface area contributed by atoms with Crippen molar-refractivity contribution in [3.05, 3.63) is 35.6 Å². The molecule has 0 unspecified atom stereocenters. The Balaban J connectivity index is 0.00000128. The lowest BCUT2D eigenvalue weighted by atomic mass is 9.86. The van der Waals surface area contributed by atoms with Gasteiger partial charge in [-0.05, 0) is 43.6 Å². The van der Waals surface area contributed by atoms with E-state index in [1.807, 2.05) is 0 Å². The zero-order valence-corrected chi connectivity index (χ0v) is 10.8. The fraction of sp³-hybridized carbons (Fsp3) is 0.500. The smallest absolute Gasteiger partial charge is 0.316 e. The molecule has 0 radical (unpaired) electrons. The van der Waals surface area contributed by atoms with Gasteiger partial charge in [-0.1, -0.05) is 12.1 Å². The van der Waals surface area contributed by atoms with Crippen LogP contribution in [0.5, 0.6) is 0 Å². The van der Waals surface area contributed by atoms with Crippen LogP contribution in [0.15, 0.2) is 24.3 Å². The quantitative estimate of drug-likeness (QED) is 0.802. The van der Waals surface area contributed by atoms with E-state index in [0.717, 1.165) is 31.5 Å². The maximum atomic E-state index is 12.7. The molecule has 1 heterocycles. The summed E-state index contributed by atoms with van der Waals surface area (Å²) in [6.07, 6.45) is 2.16. The zero-order valence-electron chi connectivity index (χ0n) is 9.08. The molecule has 0 bridgehead atoms. The molecule has 0 amide bonds. The Morgan fingerprint density at radius 3 is 2.24 bits per heavy atom. The van der Waals surface area contributed by atoms with Crippen LogP contribution in [0.2, 0.25) is 0 Å². The first-order chi connectivity index (χ1) is 7.18. The van der Waals surface area contributed by atoms with Crippen molar-refractivity contribution in [3.8, 4) is 0 Å². The third-order valence-electron chi connectivity index (χ3n) is 2.98. The van der Waals surface area contributed by atoms with Gasteiger partial charge in [0, 0.05) is 6.42 Å². The molecule has 1 saturated heterocycles. The van der Waals surface area contributed by atoms with Gasteiger partial charge in [-0.3, -0.25) is 0 Å². The summed E-state index contributed by atoms with van der Waals surface area (Å²) in [6, 6.07) is 6.38. The topological polar surface area (TPSA) is 32.3 Å². The van der Waals surface area contributed by atoms with Gasteiger partial charge in [0.25, 0.3) is 0 Å². The molecule has 1 aliphatic rings. The predicted molar refractivity (Wildman–Crippen MR) is 76.0 cm³/mol. The number of hydrogen-bond donors (Lipinski definition) is 2. The minimum absolute atomic E-state index is 0. The molecular formula is C12H19BrFMgNO. The molecule has 0 atom stereocenters. The van der Waals surface area contributed by atoms with Crippen molar-refractivity contribution in [2.45, 2.75) is 24.9 Å². The Labute approximate surface area is 128 Å². The molecule has 2 N–H and O–H groups in total. The second-order valence-electron chi connectivity index (χ2n) is 4.28. The predicted octanol–water partition coefficient (Wildman–Crippen LogP) is 1.14. The molecule has 1 fully saturated rings. The second-order valence-corrected chi connectivity index (χ2v) is 4.28. The molecule has 1 aromatic rings. The lowest BCUT2D eigenvalue weighted by Crippen LogP contribution is -2.43. The van der Waals surface area contributed by atoms with Crippen LogP contribution in [0.4, 0.5) is 4.39 Å². The number of benzene rings is 1. The zero-order chi connectivity index (χ0) is 10.7. The maximum absolute atomic E-state index is 12.7. The molecule has 94 valence electrons. The van der Waals surface area contributed by atoms with Gasteiger partial charge in [-0.25, -0.2) is 4.39 Å². The number of hydrogen-bond acceptors (Lipinski definition) is 2. The van der Waals surface area contributed by atoms with Crippen molar-refractivity contribution in [1.29, 1.82) is 0 Å². The maximum Gasteiger partial charge on any atom is 0.316 e. The van der Waals surface area contributed by atoms with Gasteiger partial charge in [-0.15, -0.1) is 17.0 Å². The molecule has 1 aromatic carbocycles. The minimum Gasteiger partial charge on any atom is -0.389 e. The van der Waals surface area contributed by atoms with Crippen molar-refractivity contribution < 1.29 is 9.50 Å². The van der Waals surface area contributed by atoms with E-state index in [-0.39, 0.29) is 45.9 Å². The first-order valence-electron chi connectivity index (χ1n) is 5.36. The molecule has 17 heavy (non-hydrogen) atoms. The van der Waals surface area contributed by atoms with E-state index in [4.69, 9.17) is 0 Å². The van der Waals surface area contributed by atoms with Crippen LogP contribution in [0, 0.1) is 5.82 Å². The largest absolute Gasteiger partial charge is 0.389 e. The number of nitrogens with one attached hydrogen (secondary N) is 1. The molecular weight excluding hydrogens is 297 g/mol. The number of halogens is 2. The average molecular weight is 316 g/mol. The summed E-state index contributed by atoms with van der Waals surface area (Å²) >= 11 is 0. The van der Waals surface area contributed by atoms with E-state index in [0.29, 0.717) is 6.42 Å². The molecule has 5 heteroatoms. The molecule has 2 rings (SSSR count). The summed E-state index contributed by atoms with van der Waals surface area (Å²) in [5.41, 5.74) is 0.393. The summed E-state index contributed by atoms with van der Waals surface area (Å²) in [5, 5.41) is 13.5. The summed E-state index contributed by atoms with van der Waals surface area (Å²) in [7, 11) is 0. The normalized spacial score (nSPS) is 17.8. The molecule has 0 aromatic heterocycles. The molecule has 0 spiro atoms. The Hall–Kier alpha value is 0.316. The van der Waals surface area contributed by atoms with Crippen LogP contribution in [0.1, 0.15) is 18.4 Å². The fourth-order valence-electron chi connectivity index (χ4n) is 2.05. The Kier molecular flexibility index (Phi) is 7.83. The SMILES string of the molecule is Br.OC1(Cc2ccc(F)cc2)CCNCC1.[MgH2]. The lowest BCUT2D eigenvalue weighted by molar-refractivity contribution is 0.0108. The van der Waals surface area contributed by atoms with Gasteiger partial charge >= 0.3 is 23.1 Å². The lowest BCUT2D eigenvalue weighted by Gasteiger charge is -2.32. The van der Waals surface area contributed by atoms with Gasteiger partial charge in [0.2, 0.25) is 0 Å². The van der Waals surface area contributed by atoms with Crippen LogP contribution in [-0.2, 0) is 6.42 Å². The van der Waals surface area contributed by atoms with Crippen molar-refractivity contribution in [2.24, 2.45) is 0 Å². The highest BCUT2D eigenvalue weighted by Crippen LogP contribution is 2.23. The standard InChI is InChI=1S/C12H16FNO.BrH.Mg.2H/c13-11-3-1-10(2-4-11)9-12(15)5-7-14-8-6-12;;;;/h1-4,14-15H,5-9H2;1H;;;. The highest BCUT2D eigenvalue weighted by molar-refractivity contribution is 8.93. The van der Waals surface area contributed by atoms with Gasteiger partial charge in [0.05, 0.1) is 5.60 Å². The summed E-state index contributed by atoms with van der Waals surface area (Å²) in [6.45, 7) is 1.72. The van der Waals surface area contributed by atoms with Crippen LogP contribution in [-0.4, -0.2) is 46.8 Å². The van der Waals surface area contributed by atoms with Gasteiger partial charge in [0.15, 0.2) is 0 Å². The summed E-state index contributed by atoms with van der Waals surface area (Å²) in [4.78, 5) is 0. The highest BCUT2D eigenvalue weighted by Gasteiger charge is 2.28. The minimum atomic E-state index is -0.608. The summed E-state index contributed by atoms with van der Waals surface area (Å²) < 4.78 is 12.7. The number of aliphatic hydroxyl groups is 1. The van der Waals surface area contributed by atoms with E-state index < -0.39 is 5.60 Å². The Bertz CT molecular complexity index is 328. The highest BCUT2D eigenvalue weighted by atomic mass is 79.9. The molecule has 1 aliphatic heterocycles. The van der Waals surface area contributed by atoms with Crippen LogP contribution in [0.3, 0.4) is 0 Å². The van der Waals surface area contributed by atoms with Crippen molar-refractivity contribution in [1.82, 2.24) is 5.32 Å². The van der Waals surface area contributed by atoms with Crippen molar-refractivity contribution >= 4 is 40.0 Å². The molecule has 2 nitrogen and oxygen atoms in total. The van der Waals surface area contributed by atoms with E-state index in [1.54, 1.807) is 12.1 Å². The number of piperidine rings is 1. The monoisotopic (exact) mass is 315 g/mol. The van der Waals surface area contributed by atoms with Crippen LogP contribution < -0.4 is 5.32 Å². The molecule has 0 aliphatic carbocycles. The van der Waals surface area contributed by atoms with E-state index in [1.165, 1.54) is 12.1 Å². The van der Waals surface area contributed by atoms with Gasteiger partial charge in [-0.2, -0.15) is 0 Å². The Morgan fingerprint density at radius 2 is 1.71 bits per heavy atom. The van der Waals surface area contributed by atoms with Gasteiger partial charge in [0.1, 0.15) is 5.82 Å². The summed E-state index contributed by atoms with van der Waals surface area (Å²) in [5.74, 6) is -0.226. The third-order valence-corrected chi connectivity index (χ3v) is 2.98. The van der Waals surface area contributed by atoms with Gasteiger partial charge < -0.3 is 10.4 Å². The van der Waals surface area contributed by atoms with E-state index >= 15 is 0 Å². The number of rotatable bonds is 2. The van der Waals surface area contributed by atoms with Crippen molar-refractivity contribution in [2.75, 3.05) is 13.1 Å². The first kappa shape index (κ1) is 17.3. The van der Waals surface area contributed by atoms with Crippen molar-refractivity contribution in [3.63, 3.8) is 0 Å². The fourth-order valence-corrected chi connectivity index (χ4v) is 2.05. The van der Waals surface area contributed by atoms with Crippen LogP contribution in [0.25, 0.3) is 0 Å². The van der Waals surface area contributed by atoms with E-state index in [9.17, 15) is 9.50 Å². The molecule has 0 saturated carbocycles. The average Bonchev–Trinajstić information content (AvgIpc) is 2.22. The van der Waals surface area contributed by atoms with Crippen LogP contribution >= 0.6 is 17.0 Å². The second kappa shape index (κ2) is 7.69. The van der Waals surface area contributed by atoms with E-state index in [2.05, 4.69) is 5.32 Å². The first-order valence-corrected chi connectivity index (χ1v) is 5.36. The third kappa shape index (κ3) is 5.22.